The molecule has 0 spiro atoms. The van der Waals surface area contributed by atoms with Crippen molar-refractivity contribution in [3.8, 4) is 5.69 Å². The number of nitrogens with zero attached hydrogens (tertiary/aromatic N) is 1. The van der Waals surface area contributed by atoms with E-state index in [2.05, 4.69) is 5.10 Å². The van der Waals surface area contributed by atoms with Gasteiger partial charge in [0.25, 0.3) is 5.56 Å². The maximum atomic E-state index is 12.6. The molecule has 1 heterocycles. The van der Waals surface area contributed by atoms with Crippen LogP contribution in [0.25, 0.3) is 5.69 Å². The monoisotopic (exact) mass is 298 g/mol. The number of nitrogens with one attached hydrogen (secondary N) is 1. The summed E-state index contributed by atoms with van der Waals surface area (Å²) in [7, 11) is 0. The van der Waals surface area contributed by atoms with E-state index in [9.17, 15) is 4.79 Å². The van der Waals surface area contributed by atoms with Gasteiger partial charge in [-0.2, -0.15) is 0 Å². The molecule has 0 radical (unpaired) electrons. The van der Waals surface area contributed by atoms with Crippen LogP contribution in [0.3, 0.4) is 0 Å². The van der Waals surface area contributed by atoms with Gasteiger partial charge in [-0.05, 0) is 30.7 Å². The van der Waals surface area contributed by atoms with E-state index in [0.717, 1.165) is 22.5 Å². The molecular formula is C17H15ClN2O. The Morgan fingerprint density at radius 2 is 1.71 bits per heavy atom. The van der Waals surface area contributed by atoms with Gasteiger partial charge in [0.05, 0.1) is 5.69 Å². The lowest BCUT2D eigenvalue weighted by Gasteiger charge is -2.02. The molecule has 21 heavy (non-hydrogen) atoms. The van der Waals surface area contributed by atoms with Crippen LogP contribution in [0.5, 0.6) is 0 Å². The fraction of sp³-hybridized carbons (Fsp3) is 0.118. The number of benzene rings is 2. The molecule has 0 aliphatic rings. The van der Waals surface area contributed by atoms with Gasteiger partial charge >= 0.3 is 0 Å². The van der Waals surface area contributed by atoms with Gasteiger partial charge in [0.15, 0.2) is 0 Å². The van der Waals surface area contributed by atoms with Crippen LogP contribution in [0, 0.1) is 6.92 Å². The van der Waals surface area contributed by atoms with Crippen molar-refractivity contribution in [1.82, 2.24) is 9.78 Å². The highest BCUT2D eigenvalue weighted by molar-refractivity contribution is 6.31. The average Bonchev–Trinajstić information content (AvgIpc) is 2.78. The predicted octanol–water partition coefficient (Wildman–Crippen LogP) is 3.72. The average molecular weight is 299 g/mol. The Morgan fingerprint density at radius 3 is 2.43 bits per heavy atom. The Hall–Kier alpha value is -2.26. The van der Waals surface area contributed by atoms with Crippen LogP contribution in [-0.4, -0.2) is 9.78 Å². The van der Waals surface area contributed by atoms with Crippen molar-refractivity contribution >= 4 is 11.6 Å². The molecule has 3 aromatic rings. The largest absolute Gasteiger partial charge is 0.295 e. The van der Waals surface area contributed by atoms with Crippen molar-refractivity contribution in [3.63, 3.8) is 0 Å². The summed E-state index contributed by atoms with van der Waals surface area (Å²) >= 11 is 6.18. The highest BCUT2D eigenvalue weighted by Gasteiger charge is 2.13. The fourth-order valence-electron chi connectivity index (χ4n) is 2.38. The molecule has 0 aliphatic carbocycles. The number of halogens is 1. The van der Waals surface area contributed by atoms with Gasteiger partial charge in [0.2, 0.25) is 0 Å². The Bertz CT molecular complexity index is 818. The quantitative estimate of drug-likeness (QED) is 0.786. The molecule has 0 unspecified atom stereocenters. The fourth-order valence-corrected chi connectivity index (χ4v) is 2.58. The summed E-state index contributed by atoms with van der Waals surface area (Å²) in [6.45, 7) is 1.91. The number of aromatic amines is 1. The van der Waals surface area contributed by atoms with E-state index in [1.807, 2.05) is 61.5 Å². The van der Waals surface area contributed by atoms with Gasteiger partial charge in [-0.1, -0.05) is 48.0 Å². The number of H-pyrrole nitrogens is 1. The van der Waals surface area contributed by atoms with Crippen LogP contribution in [0.4, 0.5) is 0 Å². The van der Waals surface area contributed by atoms with Crippen LogP contribution in [-0.2, 0) is 6.42 Å². The first-order valence-electron chi connectivity index (χ1n) is 6.76. The molecule has 106 valence electrons. The third kappa shape index (κ3) is 2.65. The summed E-state index contributed by atoms with van der Waals surface area (Å²) in [4.78, 5) is 12.6. The lowest BCUT2D eigenvalue weighted by Crippen LogP contribution is -2.17. The lowest BCUT2D eigenvalue weighted by molar-refractivity contribution is 0.834. The highest BCUT2D eigenvalue weighted by Crippen LogP contribution is 2.19. The molecule has 0 amide bonds. The molecule has 1 aromatic heterocycles. The minimum Gasteiger partial charge on any atom is -0.295 e. The number of aryl methyl sites for hydroxylation is 1. The molecular weight excluding hydrogens is 284 g/mol. The first kappa shape index (κ1) is 13.7. The molecule has 2 aromatic carbocycles. The summed E-state index contributed by atoms with van der Waals surface area (Å²) in [6.07, 6.45) is 0.528. The molecule has 4 heteroatoms. The molecule has 0 atom stereocenters. The molecule has 1 N–H and O–H groups in total. The predicted molar refractivity (Wildman–Crippen MR) is 85.4 cm³/mol. The van der Waals surface area contributed by atoms with E-state index in [1.165, 1.54) is 0 Å². The first-order valence-corrected chi connectivity index (χ1v) is 7.14. The zero-order chi connectivity index (χ0) is 14.8. The number of rotatable bonds is 3. The van der Waals surface area contributed by atoms with Gasteiger partial charge in [-0.15, -0.1) is 0 Å². The SMILES string of the molecule is Cc1[nH]n(-c2ccccc2)c(=O)c1Cc1ccccc1Cl. The van der Waals surface area contributed by atoms with E-state index in [1.54, 1.807) is 4.68 Å². The summed E-state index contributed by atoms with van der Waals surface area (Å²) in [5.74, 6) is 0. The van der Waals surface area contributed by atoms with Gasteiger partial charge in [-0.25, -0.2) is 4.68 Å². The highest BCUT2D eigenvalue weighted by atomic mass is 35.5. The lowest BCUT2D eigenvalue weighted by atomic mass is 10.1. The summed E-state index contributed by atoms with van der Waals surface area (Å²) < 4.78 is 1.57. The van der Waals surface area contributed by atoms with Crippen molar-refractivity contribution in [2.45, 2.75) is 13.3 Å². The minimum absolute atomic E-state index is 0.0291. The molecule has 0 bridgehead atoms. The number of para-hydroxylation sites is 1. The van der Waals surface area contributed by atoms with Gasteiger partial charge < -0.3 is 0 Å². The molecule has 3 nitrogen and oxygen atoms in total. The van der Waals surface area contributed by atoms with E-state index in [4.69, 9.17) is 11.6 Å². The van der Waals surface area contributed by atoms with E-state index in [-0.39, 0.29) is 5.56 Å². The smallest absolute Gasteiger partial charge is 0.274 e. The van der Waals surface area contributed by atoms with Crippen LogP contribution in [0.2, 0.25) is 5.02 Å². The molecule has 3 rings (SSSR count). The van der Waals surface area contributed by atoms with Crippen LogP contribution < -0.4 is 5.56 Å². The third-order valence-corrected chi connectivity index (χ3v) is 3.90. The van der Waals surface area contributed by atoms with Crippen LogP contribution in [0.1, 0.15) is 16.8 Å². The van der Waals surface area contributed by atoms with Gasteiger partial charge in [-0.3, -0.25) is 9.89 Å². The molecule has 0 saturated carbocycles. The molecule has 0 aliphatic heterocycles. The zero-order valence-corrected chi connectivity index (χ0v) is 12.4. The zero-order valence-electron chi connectivity index (χ0n) is 11.6. The minimum atomic E-state index is -0.0291. The second-order valence-corrected chi connectivity index (χ2v) is 5.37. The topological polar surface area (TPSA) is 37.8 Å². The van der Waals surface area contributed by atoms with Crippen LogP contribution >= 0.6 is 11.6 Å². The summed E-state index contributed by atoms with van der Waals surface area (Å²) in [6, 6.07) is 17.1. The van der Waals surface area contributed by atoms with Crippen molar-refractivity contribution in [3.05, 3.63) is 86.8 Å². The second kappa shape index (κ2) is 5.62. The van der Waals surface area contributed by atoms with Crippen molar-refractivity contribution < 1.29 is 0 Å². The van der Waals surface area contributed by atoms with Crippen LogP contribution in [0.15, 0.2) is 59.4 Å². The maximum absolute atomic E-state index is 12.6. The molecule has 0 fully saturated rings. The Kier molecular flexibility index (Phi) is 3.67. The van der Waals surface area contributed by atoms with Crippen molar-refractivity contribution in [2.75, 3.05) is 0 Å². The van der Waals surface area contributed by atoms with Crippen molar-refractivity contribution in [2.24, 2.45) is 0 Å². The third-order valence-electron chi connectivity index (χ3n) is 3.53. The summed E-state index contributed by atoms with van der Waals surface area (Å²) in [5, 5.41) is 3.81. The van der Waals surface area contributed by atoms with Crippen molar-refractivity contribution in [1.29, 1.82) is 0 Å². The summed E-state index contributed by atoms with van der Waals surface area (Å²) in [5.41, 5.74) is 3.36. The van der Waals surface area contributed by atoms with E-state index >= 15 is 0 Å². The standard InChI is InChI=1S/C17H15ClN2O/c1-12-15(11-13-7-5-6-10-16(13)18)17(21)20(19-12)14-8-3-2-4-9-14/h2-10,19H,11H2,1H3. The number of aromatic nitrogens is 2. The van der Waals surface area contributed by atoms with E-state index in [0.29, 0.717) is 11.4 Å². The number of hydrogen-bond acceptors (Lipinski definition) is 1. The van der Waals surface area contributed by atoms with Gasteiger partial charge in [0.1, 0.15) is 0 Å². The van der Waals surface area contributed by atoms with Gasteiger partial charge in [0, 0.05) is 22.7 Å². The van der Waals surface area contributed by atoms with E-state index < -0.39 is 0 Å². The Morgan fingerprint density at radius 1 is 1.05 bits per heavy atom. The first-order chi connectivity index (χ1) is 10.2. The maximum Gasteiger partial charge on any atom is 0.274 e. The molecule has 0 saturated heterocycles. The second-order valence-electron chi connectivity index (χ2n) is 4.96. The Balaban J connectivity index is 2.04. The normalized spacial score (nSPS) is 10.8. The number of hydrogen-bond donors (Lipinski definition) is 1. The Labute approximate surface area is 127 Å².